The predicted molar refractivity (Wildman–Crippen MR) is 77.5 cm³/mol. The number of hydrogen-bond donors (Lipinski definition) is 1. The van der Waals surface area contributed by atoms with Crippen LogP contribution in [0.3, 0.4) is 0 Å². The molecule has 0 unspecified atom stereocenters. The first-order valence-corrected chi connectivity index (χ1v) is 6.52. The number of aromatic nitrogens is 1. The summed E-state index contributed by atoms with van der Waals surface area (Å²) < 4.78 is 0. The quantitative estimate of drug-likeness (QED) is 0.852. The average molecular weight is 255 g/mol. The molecule has 0 saturated carbocycles. The number of fused-ring (bicyclic) bond motifs is 3. The van der Waals surface area contributed by atoms with Crippen LogP contribution in [-0.4, -0.2) is 23.0 Å². The third-order valence-electron chi connectivity index (χ3n) is 3.81. The van der Waals surface area contributed by atoms with Gasteiger partial charge in [-0.1, -0.05) is 18.2 Å². The van der Waals surface area contributed by atoms with Gasteiger partial charge in [0.05, 0.1) is 23.1 Å². The molecule has 1 N–H and O–H groups in total. The van der Waals surface area contributed by atoms with Gasteiger partial charge in [0.15, 0.2) is 0 Å². The highest BCUT2D eigenvalue weighted by Gasteiger charge is 2.40. The number of para-hydroxylation sites is 1. The van der Waals surface area contributed by atoms with Gasteiger partial charge in [-0.2, -0.15) is 0 Å². The molecule has 0 atom stereocenters. The van der Waals surface area contributed by atoms with Crippen molar-refractivity contribution in [3.8, 4) is 0 Å². The Kier molecular flexibility index (Phi) is 2.49. The van der Waals surface area contributed by atoms with Crippen LogP contribution in [0, 0.1) is 0 Å². The van der Waals surface area contributed by atoms with E-state index in [1.165, 1.54) is 0 Å². The minimum atomic E-state index is -0.550. The monoisotopic (exact) mass is 255 g/mol. The van der Waals surface area contributed by atoms with Crippen LogP contribution in [0.2, 0.25) is 0 Å². The van der Waals surface area contributed by atoms with Crippen LogP contribution in [0.15, 0.2) is 30.5 Å². The van der Waals surface area contributed by atoms with Crippen LogP contribution in [-0.2, 0) is 4.79 Å². The maximum atomic E-state index is 12.2. The number of anilines is 2. The second kappa shape index (κ2) is 3.95. The SMILES string of the molecule is CCN1c2c(cnc3ccccc23)NC(=O)C1(C)C. The Hall–Kier alpha value is -2.10. The fourth-order valence-electron chi connectivity index (χ4n) is 2.74. The number of carbonyl (C=O) groups is 1. The van der Waals surface area contributed by atoms with Crippen molar-refractivity contribution in [2.75, 3.05) is 16.8 Å². The van der Waals surface area contributed by atoms with Crippen LogP contribution < -0.4 is 10.2 Å². The van der Waals surface area contributed by atoms with Crippen molar-refractivity contribution in [1.82, 2.24) is 4.98 Å². The average Bonchev–Trinajstić information content (AvgIpc) is 2.40. The number of rotatable bonds is 1. The molecule has 0 radical (unpaired) electrons. The molecule has 4 heteroatoms. The van der Waals surface area contributed by atoms with E-state index in [0.717, 1.165) is 28.8 Å². The highest BCUT2D eigenvalue weighted by Crippen LogP contribution is 2.40. The summed E-state index contributed by atoms with van der Waals surface area (Å²) in [5.74, 6) is 0.0129. The lowest BCUT2D eigenvalue weighted by atomic mass is 9.95. The van der Waals surface area contributed by atoms with Crippen LogP contribution in [0.25, 0.3) is 10.9 Å². The molecule has 1 aliphatic heterocycles. The summed E-state index contributed by atoms with van der Waals surface area (Å²) in [4.78, 5) is 18.8. The van der Waals surface area contributed by atoms with Gasteiger partial charge in [0, 0.05) is 11.9 Å². The molecule has 0 spiro atoms. The van der Waals surface area contributed by atoms with Crippen molar-refractivity contribution in [2.24, 2.45) is 0 Å². The van der Waals surface area contributed by atoms with E-state index in [0.29, 0.717) is 0 Å². The third kappa shape index (κ3) is 1.59. The summed E-state index contributed by atoms with van der Waals surface area (Å²) in [7, 11) is 0. The Morgan fingerprint density at radius 2 is 2.05 bits per heavy atom. The maximum Gasteiger partial charge on any atom is 0.249 e. The van der Waals surface area contributed by atoms with E-state index >= 15 is 0 Å². The van der Waals surface area contributed by atoms with E-state index < -0.39 is 5.54 Å². The molecule has 0 saturated heterocycles. The Morgan fingerprint density at radius 1 is 1.32 bits per heavy atom. The summed E-state index contributed by atoms with van der Waals surface area (Å²) in [5, 5.41) is 4.04. The number of benzene rings is 1. The standard InChI is InChI=1S/C15H17N3O/c1-4-18-13-10-7-5-6-8-11(10)16-9-12(13)17-14(19)15(18,2)3/h5-9H,4H2,1-3H3,(H,17,19). The van der Waals surface area contributed by atoms with Gasteiger partial charge in [0.2, 0.25) is 5.91 Å². The smallest absolute Gasteiger partial charge is 0.249 e. The number of carbonyl (C=O) groups excluding carboxylic acids is 1. The lowest BCUT2D eigenvalue weighted by Gasteiger charge is -2.43. The van der Waals surface area contributed by atoms with Gasteiger partial charge in [-0.15, -0.1) is 0 Å². The lowest BCUT2D eigenvalue weighted by molar-refractivity contribution is -0.120. The number of pyridine rings is 1. The van der Waals surface area contributed by atoms with E-state index in [-0.39, 0.29) is 5.91 Å². The normalized spacial score (nSPS) is 17.2. The first kappa shape index (κ1) is 12.0. The Balaban J connectivity index is 2.34. The van der Waals surface area contributed by atoms with Gasteiger partial charge < -0.3 is 10.2 Å². The fraction of sp³-hybridized carbons (Fsp3) is 0.333. The minimum Gasteiger partial charge on any atom is -0.355 e. The van der Waals surface area contributed by atoms with E-state index in [9.17, 15) is 4.79 Å². The highest BCUT2D eigenvalue weighted by atomic mass is 16.2. The van der Waals surface area contributed by atoms with Crippen molar-refractivity contribution >= 4 is 28.2 Å². The predicted octanol–water partition coefficient (Wildman–Crippen LogP) is 2.79. The number of likely N-dealkylation sites (N-methyl/N-ethyl adjacent to an activating group) is 1. The molecule has 1 aromatic heterocycles. The summed E-state index contributed by atoms with van der Waals surface area (Å²) >= 11 is 0. The second-order valence-electron chi connectivity index (χ2n) is 5.30. The van der Waals surface area contributed by atoms with Crippen LogP contribution in [0.4, 0.5) is 11.4 Å². The van der Waals surface area contributed by atoms with Crippen LogP contribution >= 0.6 is 0 Å². The van der Waals surface area contributed by atoms with Gasteiger partial charge in [-0.05, 0) is 26.8 Å². The van der Waals surface area contributed by atoms with Gasteiger partial charge in [-0.3, -0.25) is 9.78 Å². The molecule has 3 rings (SSSR count). The molecular weight excluding hydrogens is 238 g/mol. The van der Waals surface area contributed by atoms with Gasteiger partial charge in [0.1, 0.15) is 5.54 Å². The molecule has 19 heavy (non-hydrogen) atoms. The molecule has 98 valence electrons. The van der Waals surface area contributed by atoms with E-state index in [1.807, 2.05) is 32.0 Å². The Bertz CT molecular complexity index is 663. The second-order valence-corrected chi connectivity index (χ2v) is 5.30. The highest BCUT2D eigenvalue weighted by molar-refractivity contribution is 6.11. The Labute approximate surface area is 112 Å². The van der Waals surface area contributed by atoms with E-state index in [2.05, 4.69) is 28.2 Å². The van der Waals surface area contributed by atoms with Gasteiger partial charge >= 0.3 is 0 Å². The largest absolute Gasteiger partial charge is 0.355 e. The summed E-state index contributed by atoms with van der Waals surface area (Å²) in [6, 6.07) is 8.02. The number of nitrogens with one attached hydrogen (secondary N) is 1. The summed E-state index contributed by atoms with van der Waals surface area (Å²) in [6.45, 7) is 6.74. The zero-order valence-electron chi connectivity index (χ0n) is 11.4. The molecule has 0 aliphatic carbocycles. The topological polar surface area (TPSA) is 45.2 Å². The summed E-state index contributed by atoms with van der Waals surface area (Å²) in [5.41, 5.74) is 2.26. The molecule has 0 bridgehead atoms. The number of amides is 1. The molecular formula is C15H17N3O. The third-order valence-corrected chi connectivity index (χ3v) is 3.81. The minimum absolute atomic E-state index is 0.0129. The van der Waals surface area contributed by atoms with Gasteiger partial charge in [-0.25, -0.2) is 0 Å². The molecule has 2 heterocycles. The first-order valence-electron chi connectivity index (χ1n) is 6.52. The zero-order valence-corrected chi connectivity index (χ0v) is 11.4. The molecule has 2 aromatic rings. The van der Waals surface area contributed by atoms with E-state index in [1.54, 1.807) is 6.20 Å². The zero-order chi connectivity index (χ0) is 13.6. The van der Waals surface area contributed by atoms with Crippen LogP contribution in [0.5, 0.6) is 0 Å². The molecule has 1 aliphatic rings. The number of hydrogen-bond acceptors (Lipinski definition) is 3. The number of nitrogens with zero attached hydrogens (tertiary/aromatic N) is 2. The molecule has 4 nitrogen and oxygen atoms in total. The van der Waals surface area contributed by atoms with Gasteiger partial charge in [0.25, 0.3) is 0 Å². The first-order chi connectivity index (χ1) is 9.05. The van der Waals surface area contributed by atoms with Crippen LogP contribution in [0.1, 0.15) is 20.8 Å². The molecule has 1 amide bonds. The van der Waals surface area contributed by atoms with Crippen molar-refractivity contribution in [3.63, 3.8) is 0 Å². The van der Waals surface area contributed by atoms with Crippen molar-refractivity contribution in [3.05, 3.63) is 30.5 Å². The van der Waals surface area contributed by atoms with E-state index in [4.69, 9.17) is 0 Å². The summed E-state index contributed by atoms with van der Waals surface area (Å²) in [6.07, 6.45) is 1.74. The molecule has 1 aromatic carbocycles. The lowest BCUT2D eigenvalue weighted by Crippen LogP contribution is -2.56. The van der Waals surface area contributed by atoms with Crippen molar-refractivity contribution < 1.29 is 4.79 Å². The maximum absolute atomic E-state index is 12.2. The molecule has 0 fully saturated rings. The van der Waals surface area contributed by atoms with Crippen molar-refractivity contribution in [2.45, 2.75) is 26.3 Å². The van der Waals surface area contributed by atoms with Crippen molar-refractivity contribution in [1.29, 1.82) is 0 Å². The fourth-order valence-corrected chi connectivity index (χ4v) is 2.74. The Morgan fingerprint density at radius 3 is 2.79 bits per heavy atom.